The van der Waals surface area contributed by atoms with Gasteiger partial charge in [-0.1, -0.05) is 45.0 Å². The predicted molar refractivity (Wildman–Crippen MR) is 76.5 cm³/mol. The number of carboxylic acid groups (broad SMARTS) is 1. The Balaban J connectivity index is 2.21. The Hall–Kier alpha value is -1.35. The van der Waals surface area contributed by atoms with Crippen LogP contribution in [-0.4, -0.2) is 35.6 Å². The zero-order chi connectivity index (χ0) is 14.0. The van der Waals surface area contributed by atoms with Crippen LogP contribution in [0.5, 0.6) is 0 Å². The van der Waals surface area contributed by atoms with Gasteiger partial charge in [-0.3, -0.25) is 4.79 Å². The Morgan fingerprint density at radius 2 is 1.95 bits per heavy atom. The smallest absolute Gasteiger partial charge is 0.308 e. The largest absolute Gasteiger partial charge is 0.481 e. The van der Waals surface area contributed by atoms with Crippen molar-refractivity contribution in [1.29, 1.82) is 0 Å². The summed E-state index contributed by atoms with van der Waals surface area (Å²) < 4.78 is 0. The van der Waals surface area contributed by atoms with E-state index in [0.717, 1.165) is 18.7 Å². The molecule has 1 aromatic carbocycles. The number of aliphatic carboxylic acids is 1. The second-order valence-corrected chi connectivity index (χ2v) is 5.72. The minimum absolute atomic E-state index is 0.124. The number of benzene rings is 1. The summed E-state index contributed by atoms with van der Waals surface area (Å²) in [7, 11) is 0. The van der Waals surface area contributed by atoms with Crippen LogP contribution in [0, 0.1) is 5.92 Å². The summed E-state index contributed by atoms with van der Waals surface area (Å²) in [6, 6.07) is 8.48. The lowest BCUT2D eigenvalue weighted by molar-refractivity contribution is -0.141. The van der Waals surface area contributed by atoms with Crippen molar-refractivity contribution < 1.29 is 9.90 Å². The number of carboxylic acids is 1. The molecule has 1 aliphatic heterocycles. The molecular formula is C16H23NO2. The van der Waals surface area contributed by atoms with E-state index >= 15 is 0 Å². The van der Waals surface area contributed by atoms with Crippen molar-refractivity contribution in [3.63, 3.8) is 0 Å². The molecule has 0 aromatic heterocycles. The average Bonchev–Trinajstić information content (AvgIpc) is 2.83. The van der Waals surface area contributed by atoms with Gasteiger partial charge in [0.05, 0.1) is 5.92 Å². The Labute approximate surface area is 115 Å². The molecule has 0 amide bonds. The van der Waals surface area contributed by atoms with Gasteiger partial charge in [0.1, 0.15) is 0 Å². The van der Waals surface area contributed by atoms with Gasteiger partial charge in [-0.15, -0.1) is 0 Å². The van der Waals surface area contributed by atoms with E-state index in [2.05, 4.69) is 49.9 Å². The maximum absolute atomic E-state index is 11.4. The molecule has 1 fully saturated rings. The molecule has 104 valence electrons. The maximum Gasteiger partial charge on any atom is 0.308 e. The molecule has 2 atom stereocenters. The fraction of sp³-hybridized carbons (Fsp3) is 0.562. The van der Waals surface area contributed by atoms with Crippen molar-refractivity contribution in [3.8, 4) is 0 Å². The molecule has 1 aliphatic rings. The third-order valence-electron chi connectivity index (χ3n) is 4.19. The molecule has 1 aromatic rings. The molecule has 1 heterocycles. The molecule has 1 saturated heterocycles. The van der Waals surface area contributed by atoms with E-state index in [4.69, 9.17) is 0 Å². The lowest BCUT2D eigenvalue weighted by Gasteiger charge is -2.16. The zero-order valence-electron chi connectivity index (χ0n) is 12.0. The number of rotatable bonds is 4. The van der Waals surface area contributed by atoms with Crippen LogP contribution in [0.15, 0.2) is 24.3 Å². The van der Waals surface area contributed by atoms with E-state index in [1.807, 2.05) is 0 Å². The van der Waals surface area contributed by atoms with Crippen LogP contribution >= 0.6 is 0 Å². The van der Waals surface area contributed by atoms with E-state index in [1.165, 1.54) is 5.56 Å². The van der Waals surface area contributed by atoms with Crippen LogP contribution in [0.25, 0.3) is 0 Å². The molecule has 19 heavy (non-hydrogen) atoms. The number of hydrogen-bond acceptors (Lipinski definition) is 2. The topological polar surface area (TPSA) is 40.5 Å². The van der Waals surface area contributed by atoms with Crippen molar-refractivity contribution in [3.05, 3.63) is 35.4 Å². The van der Waals surface area contributed by atoms with Crippen LogP contribution in [0.4, 0.5) is 0 Å². The second kappa shape index (κ2) is 5.74. The monoisotopic (exact) mass is 261 g/mol. The van der Waals surface area contributed by atoms with Crippen LogP contribution in [0.3, 0.4) is 0 Å². The van der Waals surface area contributed by atoms with Gasteiger partial charge in [0, 0.05) is 19.0 Å². The summed E-state index contributed by atoms with van der Waals surface area (Å²) in [4.78, 5) is 13.6. The molecule has 3 heteroatoms. The Morgan fingerprint density at radius 1 is 1.32 bits per heavy atom. The summed E-state index contributed by atoms with van der Waals surface area (Å²) in [5.74, 6) is -0.308. The number of likely N-dealkylation sites (tertiary alicyclic amines) is 1. The Bertz CT molecular complexity index is 439. The molecule has 1 N–H and O–H groups in total. The van der Waals surface area contributed by atoms with Gasteiger partial charge in [0.15, 0.2) is 0 Å². The molecule has 0 radical (unpaired) electrons. The molecule has 0 aliphatic carbocycles. The lowest BCUT2D eigenvalue weighted by Crippen LogP contribution is -2.23. The van der Waals surface area contributed by atoms with E-state index in [-0.39, 0.29) is 11.8 Å². The fourth-order valence-corrected chi connectivity index (χ4v) is 2.86. The highest BCUT2D eigenvalue weighted by Gasteiger charge is 2.37. The highest BCUT2D eigenvalue weighted by Crippen LogP contribution is 2.33. The first kappa shape index (κ1) is 14.1. The van der Waals surface area contributed by atoms with Gasteiger partial charge >= 0.3 is 5.97 Å². The third kappa shape index (κ3) is 2.98. The van der Waals surface area contributed by atoms with Crippen LogP contribution in [-0.2, 0) is 4.79 Å². The Kier molecular flexibility index (Phi) is 4.25. The van der Waals surface area contributed by atoms with Gasteiger partial charge in [0.25, 0.3) is 0 Å². The van der Waals surface area contributed by atoms with Crippen molar-refractivity contribution in [1.82, 2.24) is 4.90 Å². The molecular weight excluding hydrogens is 238 g/mol. The SMILES string of the molecule is CCN1CC(C(=O)O)C(c2ccc(C(C)C)cc2)C1. The lowest BCUT2D eigenvalue weighted by atomic mass is 9.88. The summed E-state index contributed by atoms with van der Waals surface area (Å²) in [5, 5.41) is 9.37. The number of hydrogen-bond donors (Lipinski definition) is 1. The van der Waals surface area contributed by atoms with Crippen molar-refractivity contribution in [2.75, 3.05) is 19.6 Å². The number of nitrogens with zero attached hydrogens (tertiary/aromatic N) is 1. The van der Waals surface area contributed by atoms with Crippen molar-refractivity contribution >= 4 is 5.97 Å². The normalized spacial score (nSPS) is 24.0. The van der Waals surface area contributed by atoms with Crippen molar-refractivity contribution in [2.45, 2.75) is 32.6 Å². The van der Waals surface area contributed by atoms with Crippen LogP contribution in [0.1, 0.15) is 43.7 Å². The first-order valence-corrected chi connectivity index (χ1v) is 7.08. The molecule has 0 spiro atoms. The summed E-state index contributed by atoms with van der Waals surface area (Å²) in [6.07, 6.45) is 0. The van der Waals surface area contributed by atoms with E-state index in [1.54, 1.807) is 0 Å². The number of carbonyl (C=O) groups is 1. The van der Waals surface area contributed by atoms with E-state index < -0.39 is 5.97 Å². The summed E-state index contributed by atoms with van der Waals surface area (Å²) in [6.45, 7) is 8.87. The van der Waals surface area contributed by atoms with Gasteiger partial charge in [0.2, 0.25) is 0 Å². The third-order valence-corrected chi connectivity index (χ3v) is 4.19. The minimum atomic E-state index is -0.672. The van der Waals surface area contributed by atoms with Crippen molar-refractivity contribution in [2.24, 2.45) is 5.92 Å². The summed E-state index contributed by atoms with van der Waals surface area (Å²) in [5.41, 5.74) is 2.47. The standard InChI is InChI=1S/C16H23NO2/c1-4-17-9-14(15(10-17)16(18)19)13-7-5-12(6-8-13)11(2)3/h5-8,11,14-15H,4,9-10H2,1-3H3,(H,18,19). The first-order valence-electron chi connectivity index (χ1n) is 7.08. The molecule has 2 rings (SSSR count). The number of likely N-dealkylation sites (N-methyl/N-ethyl adjacent to an activating group) is 1. The molecule has 0 saturated carbocycles. The second-order valence-electron chi connectivity index (χ2n) is 5.72. The quantitative estimate of drug-likeness (QED) is 0.906. The highest BCUT2D eigenvalue weighted by molar-refractivity contribution is 5.72. The van der Waals surface area contributed by atoms with Gasteiger partial charge in [-0.2, -0.15) is 0 Å². The first-order chi connectivity index (χ1) is 9.02. The van der Waals surface area contributed by atoms with Gasteiger partial charge < -0.3 is 10.0 Å². The predicted octanol–water partition coefficient (Wildman–Crippen LogP) is 2.93. The molecule has 0 bridgehead atoms. The zero-order valence-corrected chi connectivity index (χ0v) is 12.0. The van der Waals surface area contributed by atoms with Crippen LogP contribution in [0.2, 0.25) is 0 Å². The minimum Gasteiger partial charge on any atom is -0.481 e. The van der Waals surface area contributed by atoms with E-state index in [9.17, 15) is 9.90 Å². The van der Waals surface area contributed by atoms with Gasteiger partial charge in [-0.05, 0) is 23.6 Å². The summed E-state index contributed by atoms with van der Waals surface area (Å²) >= 11 is 0. The van der Waals surface area contributed by atoms with Crippen LogP contribution < -0.4 is 0 Å². The average molecular weight is 261 g/mol. The van der Waals surface area contributed by atoms with E-state index in [0.29, 0.717) is 12.5 Å². The van der Waals surface area contributed by atoms with Gasteiger partial charge in [-0.25, -0.2) is 0 Å². The molecule has 3 nitrogen and oxygen atoms in total. The maximum atomic E-state index is 11.4. The molecule has 2 unspecified atom stereocenters. The Morgan fingerprint density at radius 3 is 2.42 bits per heavy atom. The highest BCUT2D eigenvalue weighted by atomic mass is 16.4. The fourth-order valence-electron chi connectivity index (χ4n) is 2.86.